The van der Waals surface area contributed by atoms with E-state index in [1.165, 1.54) is 25.4 Å². The summed E-state index contributed by atoms with van der Waals surface area (Å²) >= 11 is 3.61. The number of rotatable bonds is 4. The molecule has 0 aliphatic rings. The van der Waals surface area contributed by atoms with E-state index in [0.29, 0.717) is 0 Å². The van der Waals surface area contributed by atoms with E-state index in [4.69, 9.17) is 5.84 Å². The van der Waals surface area contributed by atoms with Crippen molar-refractivity contribution in [1.82, 2.24) is 5.43 Å². The molecular formula is C15H16N2S2. The summed E-state index contributed by atoms with van der Waals surface area (Å²) in [6.07, 6.45) is 0.923. The zero-order chi connectivity index (χ0) is 13.2. The maximum Gasteiger partial charge on any atom is 0.0594 e. The highest BCUT2D eigenvalue weighted by Crippen LogP contribution is 2.34. The van der Waals surface area contributed by atoms with Crippen LogP contribution in [-0.2, 0) is 6.42 Å². The monoisotopic (exact) mass is 288 g/mol. The maximum absolute atomic E-state index is 5.74. The summed E-state index contributed by atoms with van der Waals surface area (Å²) < 4.78 is 2.70. The van der Waals surface area contributed by atoms with Crippen molar-refractivity contribution >= 4 is 32.1 Å². The van der Waals surface area contributed by atoms with Crippen molar-refractivity contribution < 1.29 is 0 Å². The second kappa shape index (κ2) is 5.43. The fourth-order valence-electron chi connectivity index (χ4n) is 2.27. The normalized spacial score (nSPS) is 12.9. The van der Waals surface area contributed by atoms with Crippen LogP contribution < -0.4 is 11.3 Å². The van der Waals surface area contributed by atoms with Gasteiger partial charge in [0, 0.05) is 14.3 Å². The molecule has 0 saturated carbocycles. The van der Waals surface area contributed by atoms with Crippen molar-refractivity contribution in [2.24, 2.45) is 5.84 Å². The largest absolute Gasteiger partial charge is 0.271 e. The second-order valence-corrected chi connectivity index (χ2v) is 6.77. The van der Waals surface area contributed by atoms with Crippen molar-refractivity contribution in [3.05, 3.63) is 57.8 Å². The molecule has 0 aliphatic heterocycles. The number of hydrazine groups is 1. The molecule has 19 heavy (non-hydrogen) atoms. The van der Waals surface area contributed by atoms with Crippen molar-refractivity contribution in [3.8, 4) is 0 Å². The van der Waals surface area contributed by atoms with Crippen LogP contribution in [0.15, 0.2) is 41.8 Å². The third-order valence-corrected chi connectivity index (χ3v) is 5.43. The molecule has 2 aromatic heterocycles. The minimum Gasteiger partial charge on any atom is -0.271 e. The minimum absolute atomic E-state index is 0.186. The number of hydrogen-bond donors (Lipinski definition) is 2. The summed E-state index contributed by atoms with van der Waals surface area (Å²) in [6, 6.07) is 13.2. The number of nitrogens with two attached hydrogens (primary N) is 1. The molecule has 1 unspecified atom stereocenters. The van der Waals surface area contributed by atoms with Crippen LogP contribution in [0.3, 0.4) is 0 Å². The molecule has 4 heteroatoms. The third-order valence-electron chi connectivity index (χ3n) is 3.23. The molecule has 3 N–H and O–H groups in total. The zero-order valence-electron chi connectivity index (χ0n) is 10.7. The maximum atomic E-state index is 5.74. The molecule has 2 heterocycles. The van der Waals surface area contributed by atoms with Gasteiger partial charge in [-0.05, 0) is 36.4 Å². The van der Waals surface area contributed by atoms with Gasteiger partial charge in [0.05, 0.1) is 6.04 Å². The lowest BCUT2D eigenvalue weighted by Crippen LogP contribution is -2.28. The highest BCUT2D eigenvalue weighted by Gasteiger charge is 2.14. The number of hydrogen-bond acceptors (Lipinski definition) is 4. The molecule has 0 spiro atoms. The standard InChI is InChI=1S/C15H16N2S2/c1-10-3-2-4-11(7-10)8-12(17-16)14-9-15-13(19-14)5-6-18-15/h2-7,9,12,17H,8,16H2,1H3. The van der Waals surface area contributed by atoms with Crippen molar-refractivity contribution in [1.29, 1.82) is 0 Å². The van der Waals surface area contributed by atoms with E-state index in [9.17, 15) is 0 Å². The molecule has 0 aliphatic carbocycles. The van der Waals surface area contributed by atoms with Crippen LogP contribution in [0.5, 0.6) is 0 Å². The van der Waals surface area contributed by atoms with Gasteiger partial charge in [0.1, 0.15) is 0 Å². The molecule has 3 rings (SSSR count). The first-order chi connectivity index (χ1) is 9.26. The van der Waals surface area contributed by atoms with Crippen LogP contribution >= 0.6 is 22.7 Å². The van der Waals surface area contributed by atoms with Gasteiger partial charge in [-0.3, -0.25) is 11.3 Å². The van der Waals surface area contributed by atoms with Crippen LogP contribution in [-0.4, -0.2) is 0 Å². The molecule has 0 amide bonds. The van der Waals surface area contributed by atoms with Gasteiger partial charge in [0.25, 0.3) is 0 Å². The topological polar surface area (TPSA) is 38.0 Å². The Kier molecular flexibility index (Phi) is 3.66. The molecular weight excluding hydrogens is 272 g/mol. The lowest BCUT2D eigenvalue weighted by Gasteiger charge is -2.14. The Balaban J connectivity index is 1.86. The third kappa shape index (κ3) is 2.72. The van der Waals surface area contributed by atoms with E-state index in [2.05, 4.69) is 54.1 Å². The molecule has 0 saturated heterocycles. The molecule has 98 valence electrons. The SMILES string of the molecule is Cc1cccc(CC(NN)c2cc3sccc3s2)c1. The number of thiophene rings is 2. The average molecular weight is 288 g/mol. The Hall–Kier alpha value is -1.20. The number of aryl methyl sites for hydroxylation is 1. The molecule has 0 radical (unpaired) electrons. The van der Waals surface area contributed by atoms with Gasteiger partial charge in [-0.25, -0.2) is 0 Å². The van der Waals surface area contributed by atoms with Crippen LogP contribution in [0.2, 0.25) is 0 Å². The Morgan fingerprint density at radius 3 is 2.84 bits per heavy atom. The Morgan fingerprint density at radius 2 is 2.11 bits per heavy atom. The second-order valence-electron chi connectivity index (χ2n) is 4.71. The fraction of sp³-hybridized carbons (Fsp3) is 0.200. The molecule has 3 aromatic rings. The van der Waals surface area contributed by atoms with E-state index in [1.54, 1.807) is 11.3 Å². The molecule has 1 aromatic carbocycles. The van der Waals surface area contributed by atoms with Crippen molar-refractivity contribution in [2.75, 3.05) is 0 Å². The quantitative estimate of drug-likeness (QED) is 0.562. The molecule has 2 nitrogen and oxygen atoms in total. The highest BCUT2D eigenvalue weighted by atomic mass is 32.1. The summed E-state index contributed by atoms with van der Waals surface area (Å²) in [5.41, 5.74) is 5.56. The Bertz CT molecular complexity index is 656. The summed E-state index contributed by atoms with van der Waals surface area (Å²) in [6.45, 7) is 2.12. The first kappa shape index (κ1) is 12.8. The van der Waals surface area contributed by atoms with E-state index in [-0.39, 0.29) is 6.04 Å². The van der Waals surface area contributed by atoms with Crippen LogP contribution in [0, 0.1) is 6.92 Å². The predicted octanol–water partition coefficient (Wildman–Crippen LogP) is 4.02. The predicted molar refractivity (Wildman–Crippen MR) is 84.6 cm³/mol. The van der Waals surface area contributed by atoms with E-state index >= 15 is 0 Å². The highest BCUT2D eigenvalue weighted by molar-refractivity contribution is 7.26. The van der Waals surface area contributed by atoms with Gasteiger partial charge in [0.2, 0.25) is 0 Å². The fourth-order valence-corrected chi connectivity index (χ4v) is 4.45. The average Bonchev–Trinajstić information content (AvgIpc) is 2.96. The number of fused-ring (bicyclic) bond motifs is 1. The molecule has 0 bridgehead atoms. The van der Waals surface area contributed by atoms with Gasteiger partial charge in [-0.2, -0.15) is 0 Å². The first-order valence-electron chi connectivity index (χ1n) is 6.25. The van der Waals surface area contributed by atoms with Gasteiger partial charge >= 0.3 is 0 Å². The van der Waals surface area contributed by atoms with E-state index in [1.807, 2.05) is 11.3 Å². The van der Waals surface area contributed by atoms with Crippen LogP contribution in [0.4, 0.5) is 0 Å². The summed E-state index contributed by atoms with van der Waals surface area (Å²) in [5.74, 6) is 5.74. The molecule has 0 fully saturated rings. The smallest absolute Gasteiger partial charge is 0.0594 e. The van der Waals surface area contributed by atoms with Crippen molar-refractivity contribution in [2.45, 2.75) is 19.4 Å². The van der Waals surface area contributed by atoms with E-state index < -0.39 is 0 Å². The summed E-state index contributed by atoms with van der Waals surface area (Å²) in [4.78, 5) is 1.31. The van der Waals surface area contributed by atoms with Crippen molar-refractivity contribution in [3.63, 3.8) is 0 Å². The summed E-state index contributed by atoms with van der Waals surface area (Å²) in [5, 5.41) is 2.14. The Labute approximate surface area is 120 Å². The zero-order valence-corrected chi connectivity index (χ0v) is 12.4. The van der Waals surface area contributed by atoms with Gasteiger partial charge < -0.3 is 0 Å². The van der Waals surface area contributed by atoms with Gasteiger partial charge in [-0.1, -0.05) is 29.8 Å². The van der Waals surface area contributed by atoms with Crippen LogP contribution in [0.1, 0.15) is 22.0 Å². The lowest BCUT2D eigenvalue weighted by molar-refractivity contribution is 0.561. The van der Waals surface area contributed by atoms with Gasteiger partial charge in [0.15, 0.2) is 0 Å². The number of benzene rings is 1. The minimum atomic E-state index is 0.186. The number of nitrogens with one attached hydrogen (secondary N) is 1. The first-order valence-corrected chi connectivity index (χ1v) is 7.94. The van der Waals surface area contributed by atoms with Crippen LogP contribution in [0.25, 0.3) is 9.40 Å². The summed E-state index contributed by atoms with van der Waals surface area (Å²) in [7, 11) is 0. The van der Waals surface area contributed by atoms with E-state index in [0.717, 1.165) is 6.42 Å². The van der Waals surface area contributed by atoms with Gasteiger partial charge in [-0.15, -0.1) is 22.7 Å². The molecule has 1 atom stereocenters. The Morgan fingerprint density at radius 1 is 1.21 bits per heavy atom. The lowest BCUT2D eigenvalue weighted by atomic mass is 10.0.